The van der Waals surface area contributed by atoms with Crippen LogP contribution in [0.1, 0.15) is 33.6 Å². The van der Waals surface area contributed by atoms with Gasteiger partial charge >= 0.3 is 0 Å². The van der Waals surface area contributed by atoms with Crippen molar-refractivity contribution in [1.82, 2.24) is 0 Å². The molecule has 1 aliphatic heterocycles. The summed E-state index contributed by atoms with van der Waals surface area (Å²) >= 11 is 0.948. The quantitative estimate of drug-likeness (QED) is 0.567. The Kier molecular flexibility index (Phi) is 4.68. The van der Waals surface area contributed by atoms with Crippen molar-refractivity contribution >= 4 is 28.4 Å². The van der Waals surface area contributed by atoms with E-state index in [-0.39, 0.29) is 23.1 Å². The molecular weight excluding hydrogens is 248 g/mol. The van der Waals surface area contributed by atoms with Gasteiger partial charge in [0.1, 0.15) is 5.92 Å². The monoisotopic (exact) mass is 266 g/mol. The number of carbonyl (C=O) groups excluding carboxylic acids is 3. The first-order valence-electron chi connectivity index (χ1n) is 5.97. The summed E-state index contributed by atoms with van der Waals surface area (Å²) in [6.45, 7) is 8.98. The summed E-state index contributed by atoms with van der Waals surface area (Å²) in [5, 5.41) is -0.325. The molecule has 0 aromatic rings. The number of carbonyl (C=O) groups is 3. The van der Waals surface area contributed by atoms with E-state index in [1.165, 1.54) is 0 Å². The smallest absolute Gasteiger partial charge is 0.208 e. The van der Waals surface area contributed by atoms with E-state index in [0.29, 0.717) is 6.42 Å². The SMILES string of the molecule is C=C/C(C)=C/[C@@]1(C)SC(=O)C(C(=O)CCC)C1=O. The van der Waals surface area contributed by atoms with Gasteiger partial charge in [-0.3, -0.25) is 14.4 Å². The standard InChI is InChI=1S/C14H18O3S/c1-5-7-10(15)11-12(16)14(4,18-13(11)17)8-9(3)6-2/h6,8,11H,2,5,7H2,1,3-4H3/b9-8+/t11?,14-/m1/s1. The molecule has 0 N–H and O–H groups in total. The second-order valence-corrected chi connectivity index (χ2v) is 6.09. The molecule has 0 aromatic carbocycles. The lowest BCUT2D eigenvalue weighted by atomic mass is 9.89. The molecule has 1 aliphatic rings. The first kappa shape index (κ1) is 14.9. The van der Waals surface area contributed by atoms with Gasteiger partial charge < -0.3 is 0 Å². The molecule has 0 radical (unpaired) electrons. The third-order valence-corrected chi connectivity index (χ3v) is 4.12. The molecule has 0 amide bonds. The van der Waals surface area contributed by atoms with Crippen molar-refractivity contribution in [3.8, 4) is 0 Å². The van der Waals surface area contributed by atoms with Gasteiger partial charge in [-0.15, -0.1) is 0 Å². The first-order chi connectivity index (χ1) is 8.35. The third kappa shape index (κ3) is 2.80. The van der Waals surface area contributed by atoms with Gasteiger partial charge in [0, 0.05) is 6.42 Å². The number of Topliss-reactive ketones (excluding diaryl/α,β-unsaturated/α-hetero) is 2. The average Bonchev–Trinajstić information content (AvgIpc) is 2.49. The van der Waals surface area contributed by atoms with Crippen LogP contribution in [0.15, 0.2) is 24.3 Å². The highest BCUT2D eigenvalue weighted by atomic mass is 32.2. The number of hydrogen-bond acceptors (Lipinski definition) is 4. The van der Waals surface area contributed by atoms with Gasteiger partial charge in [0.15, 0.2) is 11.6 Å². The fourth-order valence-corrected chi connectivity index (χ4v) is 3.21. The van der Waals surface area contributed by atoms with Crippen molar-refractivity contribution in [2.24, 2.45) is 5.92 Å². The predicted octanol–water partition coefficient (Wildman–Crippen LogP) is 2.71. The molecule has 1 rings (SSSR count). The summed E-state index contributed by atoms with van der Waals surface area (Å²) in [5.41, 5.74) is 0.828. The molecule has 1 fully saturated rings. The Balaban J connectivity index is 3.04. The van der Waals surface area contributed by atoms with E-state index in [0.717, 1.165) is 17.3 Å². The minimum atomic E-state index is -1.08. The Morgan fingerprint density at radius 3 is 2.61 bits per heavy atom. The fraction of sp³-hybridized carbons (Fsp3) is 0.500. The van der Waals surface area contributed by atoms with Gasteiger partial charge in [0.05, 0.1) is 4.75 Å². The van der Waals surface area contributed by atoms with E-state index in [2.05, 4.69) is 6.58 Å². The van der Waals surface area contributed by atoms with Crippen molar-refractivity contribution in [3.05, 3.63) is 24.3 Å². The van der Waals surface area contributed by atoms with Crippen LogP contribution in [-0.2, 0) is 14.4 Å². The highest BCUT2D eigenvalue weighted by Gasteiger charge is 2.52. The summed E-state index contributed by atoms with van der Waals surface area (Å²) < 4.78 is -0.927. The number of allylic oxidation sites excluding steroid dienone is 2. The topological polar surface area (TPSA) is 51.2 Å². The van der Waals surface area contributed by atoms with Crippen LogP contribution in [0.25, 0.3) is 0 Å². The Labute approximate surface area is 112 Å². The van der Waals surface area contributed by atoms with Gasteiger partial charge in [-0.05, 0) is 20.3 Å². The van der Waals surface area contributed by atoms with Crippen LogP contribution in [0.5, 0.6) is 0 Å². The van der Waals surface area contributed by atoms with Crippen molar-refractivity contribution < 1.29 is 14.4 Å². The molecule has 0 aromatic heterocycles. The molecule has 0 aliphatic carbocycles. The summed E-state index contributed by atoms with van der Waals surface area (Å²) in [6.07, 6.45) is 4.27. The lowest BCUT2D eigenvalue weighted by Crippen LogP contribution is -2.33. The highest BCUT2D eigenvalue weighted by molar-refractivity contribution is 8.16. The van der Waals surface area contributed by atoms with Crippen LogP contribution in [-0.4, -0.2) is 21.4 Å². The molecule has 0 spiro atoms. The van der Waals surface area contributed by atoms with Crippen LogP contribution < -0.4 is 0 Å². The molecule has 1 saturated heterocycles. The molecule has 2 atom stereocenters. The van der Waals surface area contributed by atoms with Crippen LogP contribution in [0, 0.1) is 5.92 Å². The number of rotatable bonds is 5. The Morgan fingerprint density at radius 1 is 1.50 bits per heavy atom. The maximum atomic E-state index is 12.3. The van der Waals surface area contributed by atoms with Crippen LogP contribution in [0.4, 0.5) is 0 Å². The molecular formula is C14H18O3S. The highest BCUT2D eigenvalue weighted by Crippen LogP contribution is 2.42. The van der Waals surface area contributed by atoms with Crippen molar-refractivity contribution in [2.45, 2.75) is 38.4 Å². The van der Waals surface area contributed by atoms with Crippen LogP contribution in [0.2, 0.25) is 0 Å². The van der Waals surface area contributed by atoms with E-state index in [9.17, 15) is 14.4 Å². The molecule has 3 nitrogen and oxygen atoms in total. The zero-order valence-electron chi connectivity index (χ0n) is 11.0. The Bertz CT molecular complexity index is 436. The Morgan fingerprint density at radius 2 is 2.11 bits per heavy atom. The molecule has 0 bridgehead atoms. The normalized spacial score (nSPS) is 28.6. The summed E-state index contributed by atoms with van der Waals surface area (Å²) in [5.74, 6) is -1.63. The largest absolute Gasteiger partial charge is 0.298 e. The van der Waals surface area contributed by atoms with Gasteiger partial charge in [0.2, 0.25) is 5.12 Å². The van der Waals surface area contributed by atoms with Gasteiger partial charge in [-0.25, -0.2) is 0 Å². The molecule has 0 saturated carbocycles. The second-order valence-electron chi connectivity index (χ2n) is 4.63. The van der Waals surface area contributed by atoms with E-state index in [4.69, 9.17) is 0 Å². The molecule has 98 valence electrons. The Hall–Kier alpha value is -1.16. The second kappa shape index (κ2) is 5.65. The lowest BCUT2D eigenvalue weighted by molar-refractivity contribution is -0.136. The van der Waals surface area contributed by atoms with E-state index in [1.54, 1.807) is 19.1 Å². The lowest BCUT2D eigenvalue weighted by Gasteiger charge is -2.16. The van der Waals surface area contributed by atoms with Crippen LogP contribution in [0.3, 0.4) is 0 Å². The fourth-order valence-electron chi connectivity index (χ4n) is 1.97. The third-order valence-electron chi connectivity index (χ3n) is 2.94. The van der Waals surface area contributed by atoms with E-state index >= 15 is 0 Å². The summed E-state index contributed by atoms with van der Waals surface area (Å²) in [4.78, 5) is 35.9. The number of hydrogen-bond donors (Lipinski definition) is 0. The zero-order valence-corrected chi connectivity index (χ0v) is 11.8. The van der Waals surface area contributed by atoms with Crippen molar-refractivity contribution in [2.75, 3.05) is 0 Å². The van der Waals surface area contributed by atoms with Gasteiger partial charge in [-0.1, -0.05) is 43.0 Å². The van der Waals surface area contributed by atoms with Crippen LogP contribution >= 0.6 is 11.8 Å². The summed E-state index contributed by atoms with van der Waals surface area (Å²) in [7, 11) is 0. The maximum absolute atomic E-state index is 12.3. The molecule has 4 heteroatoms. The van der Waals surface area contributed by atoms with Crippen molar-refractivity contribution in [3.63, 3.8) is 0 Å². The van der Waals surface area contributed by atoms with Gasteiger partial charge in [0.25, 0.3) is 0 Å². The zero-order chi connectivity index (χ0) is 13.9. The molecule has 18 heavy (non-hydrogen) atoms. The van der Waals surface area contributed by atoms with E-state index < -0.39 is 10.7 Å². The maximum Gasteiger partial charge on any atom is 0.208 e. The average molecular weight is 266 g/mol. The first-order valence-corrected chi connectivity index (χ1v) is 6.79. The number of ketones is 2. The van der Waals surface area contributed by atoms with E-state index in [1.807, 2.05) is 13.8 Å². The molecule has 1 heterocycles. The molecule has 1 unspecified atom stereocenters. The van der Waals surface area contributed by atoms with Gasteiger partial charge in [-0.2, -0.15) is 0 Å². The predicted molar refractivity (Wildman–Crippen MR) is 73.4 cm³/mol. The minimum absolute atomic E-state index is 0.256. The number of thioether (sulfide) groups is 1. The minimum Gasteiger partial charge on any atom is -0.298 e. The van der Waals surface area contributed by atoms with Crippen molar-refractivity contribution in [1.29, 1.82) is 0 Å². The summed E-state index contributed by atoms with van der Waals surface area (Å²) in [6, 6.07) is 0.